The van der Waals surface area contributed by atoms with Crippen LogP contribution in [-0.4, -0.2) is 31.8 Å². The number of fused-ring (bicyclic) bond motifs is 1. The van der Waals surface area contributed by atoms with Gasteiger partial charge in [0, 0.05) is 12.5 Å². The Morgan fingerprint density at radius 1 is 1.14 bits per heavy atom. The number of aromatic nitrogens is 3. The fraction of sp³-hybridized carbons (Fsp3) is 0.250. The number of hydrogen-bond donors (Lipinski definition) is 0. The average Bonchev–Trinajstić information content (AvgIpc) is 3.09. The lowest BCUT2D eigenvalue weighted by atomic mass is 10.0. The topological polar surface area (TPSA) is 51.0 Å². The molecule has 29 heavy (non-hydrogen) atoms. The monoisotopic (exact) mass is 420 g/mol. The minimum atomic E-state index is -4.63. The van der Waals surface area contributed by atoms with Crippen LogP contribution in [0.5, 0.6) is 0 Å². The molecule has 0 saturated carbocycles. The molecule has 0 aliphatic carbocycles. The molecule has 9 heteroatoms. The highest BCUT2D eigenvalue weighted by Crippen LogP contribution is 2.37. The molecular formula is C20H16ClF3N4O. The quantitative estimate of drug-likeness (QED) is 0.612. The summed E-state index contributed by atoms with van der Waals surface area (Å²) >= 11 is 5.94. The molecule has 0 bridgehead atoms. The van der Waals surface area contributed by atoms with Gasteiger partial charge in [0.15, 0.2) is 0 Å². The van der Waals surface area contributed by atoms with Crippen LogP contribution >= 0.6 is 11.6 Å². The number of nitrogens with zero attached hydrogens (tertiary/aromatic N) is 4. The van der Waals surface area contributed by atoms with Gasteiger partial charge in [-0.3, -0.25) is 4.79 Å². The second-order valence-electron chi connectivity index (χ2n) is 6.88. The highest BCUT2D eigenvalue weighted by Gasteiger charge is 2.37. The average molecular weight is 421 g/mol. The van der Waals surface area contributed by atoms with E-state index < -0.39 is 22.7 Å². The Bertz CT molecular complexity index is 1070. The predicted molar refractivity (Wildman–Crippen MR) is 101 cm³/mol. The zero-order chi connectivity index (χ0) is 20.8. The van der Waals surface area contributed by atoms with Gasteiger partial charge in [-0.25, -0.2) is 4.68 Å². The molecule has 0 fully saturated rings. The van der Waals surface area contributed by atoms with Crippen molar-refractivity contribution in [3.8, 4) is 5.69 Å². The number of halogens is 4. The lowest BCUT2D eigenvalue weighted by molar-refractivity contribution is -0.137. The van der Waals surface area contributed by atoms with Crippen molar-refractivity contribution in [2.24, 2.45) is 0 Å². The van der Waals surface area contributed by atoms with Gasteiger partial charge in [0.25, 0.3) is 5.91 Å². The highest BCUT2D eigenvalue weighted by atomic mass is 35.5. The van der Waals surface area contributed by atoms with Crippen molar-refractivity contribution in [1.29, 1.82) is 0 Å². The number of carbonyl (C=O) groups is 1. The fourth-order valence-corrected chi connectivity index (χ4v) is 3.80. The van der Waals surface area contributed by atoms with Crippen LogP contribution in [0.25, 0.3) is 5.69 Å². The van der Waals surface area contributed by atoms with Crippen LogP contribution in [0, 0.1) is 0 Å². The maximum Gasteiger partial charge on any atom is 0.417 e. The minimum Gasteiger partial charge on any atom is -0.329 e. The normalized spacial score (nSPS) is 16.6. The molecule has 0 unspecified atom stereocenters. The number of carbonyl (C=O) groups excluding carboxylic acids is 1. The number of rotatable bonds is 2. The molecule has 2 aromatic carbocycles. The van der Waals surface area contributed by atoms with Gasteiger partial charge >= 0.3 is 6.18 Å². The molecule has 150 valence electrons. The summed E-state index contributed by atoms with van der Waals surface area (Å²) in [5.74, 6) is -0.562. The van der Waals surface area contributed by atoms with Gasteiger partial charge in [-0.2, -0.15) is 13.2 Å². The SMILES string of the molecule is C[C@H]1Cc2c(nnn2-c2ccccc2)CN1C(=O)c1cccc(C(F)(F)F)c1Cl. The van der Waals surface area contributed by atoms with Crippen molar-refractivity contribution >= 4 is 17.5 Å². The van der Waals surface area contributed by atoms with Gasteiger partial charge in [-0.1, -0.05) is 41.1 Å². The first-order valence-corrected chi connectivity index (χ1v) is 9.30. The van der Waals surface area contributed by atoms with Crippen molar-refractivity contribution in [2.75, 3.05) is 0 Å². The number of alkyl halides is 3. The molecule has 0 spiro atoms. The van der Waals surface area contributed by atoms with Gasteiger partial charge in [0.05, 0.1) is 34.1 Å². The van der Waals surface area contributed by atoms with Crippen LogP contribution in [0.15, 0.2) is 48.5 Å². The van der Waals surface area contributed by atoms with Gasteiger partial charge in [-0.05, 0) is 31.2 Å². The molecule has 1 aromatic heterocycles. The largest absolute Gasteiger partial charge is 0.417 e. The van der Waals surface area contributed by atoms with Gasteiger partial charge in [0.2, 0.25) is 0 Å². The first-order valence-electron chi connectivity index (χ1n) is 8.93. The zero-order valence-corrected chi connectivity index (χ0v) is 16.1. The summed E-state index contributed by atoms with van der Waals surface area (Å²) in [6.07, 6.45) is -4.16. The maximum absolute atomic E-state index is 13.1. The first-order chi connectivity index (χ1) is 13.8. The number of para-hydroxylation sites is 1. The Kier molecular flexibility index (Phi) is 4.82. The first kappa shape index (κ1) is 19.4. The fourth-order valence-electron chi connectivity index (χ4n) is 3.49. The summed E-state index contributed by atoms with van der Waals surface area (Å²) < 4.78 is 41.2. The summed E-state index contributed by atoms with van der Waals surface area (Å²) in [5.41, 5.74) is 1.15. The van der Waals surface area contributed by atoms with E-state index in [0.29, 0.717) is 12.1 Å². The van der Waals surface area contributed by atoms with Crippen LogP contribution in [-0.2, 0) is 19.1 Å². The van der Waals surface area contributed by atoms with Crippen molar-refractivity contribution in [1.82, 2.24) is 19.9 Å². The number of benzene rings is 2. The third-order valence-electron chi connectivity index (χ3n) is 4.98. The Morgan fingerprint density at radius 2 is 1.86 bits per heavy atom. The van der Waals surface area contributed by atoms with Crippen LogP contribution in [0.2, 0.25) is 5.02 Å². The molecule has 5 nitrogen and oxygen atoms in total. The van der Waals surface area contributed by atoms with E-state index in [1.807, 2.05) is 37.3 Å². The molecule has 1 amide bonds. The highest BCUT2D eigenvalue weighted by molar-refractivity contribution is 6.34. The van der Waals surface area contributed by atoms with E-state index in [2.05, 4.69) is 10.3 Å². The molecule has 1 atom stereocenters. The third-order valence-corrected chi connectivity index (χ3v) is 5.39. The summed E-state index contributed by atoms with van der Waals surface area (Å²) in [6.45, 7) is 1.99. The molecule has 0 N–H and O–H groups in total. The van der Waals surface area contributed by atoms with Crippen molar-refractivity contribution < 1.29 is 18.0 Å². The number of hydrogen-bond acceptors (Lipinski definition) is 3. The smallest absolute Gasteiger partial charge is 0.329 e. The van der Waals surface area contributed by atoms with Crippen LogP contribution in [0.4, 0.5) is 13.2 Å². The molecule has 4 rings (SSSR count). The molecule has 2 heterocycles. The zero-order valence-electron chi connectivity index (χ0n) is 15.3. The van der Waals surface area contributed by atoms with Gasteiger partial charge in [0.1, 0.15) is 5.69 Å². The second kappa shape index (κ2) is 7.18. The van der Waals surface area contributed by atoms with Crippen LogP contribution in [0.1, 0.15) is 34.2 Å². The standard InChI is InChI=1S/C20H16ClF3N4O/c1-12-10-17-16(25-26-28(17)13-6-3-2-4-7-13)11-27(12)19(29)14-8-5-9-15(18(14)21)20(22,23)24/h2-9,12H,10-11H2,1H3/t12-/m0/s1. The van der Waals surface area contributed by atoms with Crippen molar-refractivity contribution in [2.45, 2.75) is 32.1 Å². The lowest BCUT2D eigenvalue weighted by Crippen LogP contribution is -2.43. The van der Waals surface area contributed by atoms with E-state index in [4.69, 9.17) is 11.6 Å². The molecule has 0 radical (unpaired) electrons. The third kappa shape index (κ3) is 3.48. The van der Waals surface area contributed by atoms with E-state index in [1.165, 1.54) is 17.0 Å². The summed E-state index contributed by atoms with van der Waals surface area (Å²) in [5, 5.41) is 7.78. The molecule has 1 aliphatic heterocycles. The Morgan fingerprint density at radius 3 is 2.55 bits per heavy atom. The molecule has 0 saturated heterocycles. The minimum absolute atomic E-state index is 0.148. The Hall–Kier alpha value is -2.87. The van der Waals surface area contributed by atoms with E-state index >= 15 is 0 Å². The van der Waals surface area contributed by atoms with Crippen molar-refractivity contribution in [3.63, 3.8) is 0 Å². The van der Waals surface area contributed by atoms with Crippen molar-refractivity contribution in [3.05, 3.63) is 76.1 Å². The van der Waals surface area contributed by atoms with Crippen LogP contribution < -0.4 is 0 Å². The summed E-state index contributed by atoms with van der Waals surface area (Å²) in [7, 11) is 0. The van der Waals surface area contributed by atoms with E-state index in [9.17, 15) is 18.0 Å². The summed E-state index contributed by atoms with van der Waals surface area (Å²) in [6, 6.07) is 12.6. The van der Waals surface area contributed by atoms with E-state index in [0.717, 1.165) is 17.4 Å². The van der Waals surface area contributed by atoms with Gasteiger partial charge < -0.3 is 4.90 Å². The molecule has 1 aliphatic rings. The summed E-state index contributed by atoms with van der Waals surface area (Å²) in [4.78, 5) is 14.5. The van der Waals surface area contributed by atoms with E-state index in [-0.39, 0.29) is 18.2 Å². The van der Waals surface area contributed by atoms with Gasteiger partial charge in [-0.15, -0.1) is 5.10 Å². The molecule has 3 aromatic rings. The Labute approximate surface area is 169 Å². The Balaban J connectivity index is 1.66. The number of amides is 1. The second-order valence-corrected chi connectivity index (χ2v) is 7.26. The van der Waals surface area contributed by atoms with Crippen LogP contribution in [0.3, 0.4) is 0 Å². The maximum atomic E-state index is 13.1. The molecular weight excluding hydrogens is 405 g/mol. The lowest BCUT2D eigenvalue weighted by Gasteiger charge is -2.33. The predicted octanol–water partition coefficient (Wildman–Crippen LogP) is 4.53. The van der Waals surface area contributed by atoms with E-state index in [1.54, 1.807) is 4.68 Å².